The van der Waals surface area contributed by atoms with Gasteiger partial charge in [0.15, 0.2) is 17.3 Å². The number of Topliss-reactive ketones (excluding diaryl/α,β-unsaturated/α-hetero) is 1. The van der Waals surface area contributed by atoms with Crippen molar-refractivity contribution in [2.75, 3.05) is 7.11 Å². The molecule has 0 amide bonds. The molecule has 0 bridgehead atoms. The standard InChI is InChI=1S/C23H32O6/c1-12(2)17-19(26)18-14(20(21(17)28-6)29-13(3)24)11-23(27)9-7-8-22(4,5)16(23)10-15(18)25/h12,16,26-27H,7-11H2,1-6H3/t16?,23-/m0/s1. The maximum Gasteiger partial charge on any atom is 0.308 e. The molecule has 0 aliphatic heterocycles. The molecule has 1 aromatic carbocycles. The summed E-state index contributed by atoms with van der Waals surface area (Å²) in [6.45, 7) is 9.20. The quantitative estimate of drug-likeness (QED) is 0.581. The number of ketones is 1. The van der Waals surface area contributed by atoms with Crippen LogP contribution in [0.2, 0.25) is 0 Å². The number of fused-ring (bicyclic) bond motifs is 2. The van der Waals surface area contributed by atoms with E-state index in [1.165, 1.54) is 14.0 Å². The van der Waals surface area contributed by atoms with Gasteiger partial charge in [0.05, 0.1) is 18.3 Å². The molecular weight excluding hydrogens is 372 g/mol. The highest BCUT2D eigenvalue weighted by Gasteiger charge is 2.52. The highest BCUT2D eigenvalue weighted by atomic mass is 16.6. The first kappa shape index (κ1) is 21.6. The molecule has 6 nitrogen and oxygen atoms in total. The van der Waals surface area contributed by atoms with Crippen LogP contribution in [0.1, 0.15) is 87.7 Å². The number of rotatable bonds is 3. The first-order valence-electron chi connectivity index (χ1n) is 10.3. The molecule has 29 heavy (non-hydrogen) atoms. The second-order valence-electron chi connectivity index (χ2n) is 9.53. The summed E-state index contributed by atoms with van der Waals surface area (Å²) < 4.78 is 11.1. The van der Waals surface area contributed by atoms with E-state index in [0.717, 1.165) is 12.8 Å². The predicted molar refractivity (Wildman–Crippen MR) is 109 cm³/mol. The van der Waals surface area contributed by atoms with Crippen LogP contribution >= 0.6 is 0 Å². The lowest BCUT2D eigenvalue weighted by atomic mass is 9.59. The van der Waals surface area contributed by atoms with E-state index < -0.39 is 11.6 Å². The van der Waals surface area contributed by atoms with Crippen LogP contribution in [-0.2, 0) is 11.2 Å². The molecule has 160 valence electrons. The van der Waals surface area contributed by atoms with Crippen LogP contribution in [0.4, 0.5) is 0 Å². The number of phenolic OH excluding ortho intramolecular Hbond substituents is 1. The monoisotopic (exact) mass is 404 g/mol. The van der Waals surface area contributed by atoms with E-state index in [4.69, 9.17) is 9.47 Å². The van der Waals surface area contributed by atoms with E-state index in [9.17, 15) is 19.8 Å². The minimum atomic E-state index is -1.12. The third kappa shape index (κ3) is 3.52. The maximum absolute atomic E-state index is 13.4. The Morgan fingerprint density at radius 2 is 1.86 bits per heavy atom. The van der Waals surface area contributed by atoms with E-state index in [1.807, 2.05) is 13.8 Å². The second-order valence-corrected chi connectivity index (χ2v) is 9.53. The van der Waals surface area contributed by atoms with Crippen LogP contribution in [0.3, 0.4) is 0 Å². The molecule has 1 aromatic rings. The summed E-state index contributed by atoms with van der Waals surface area (Å²) in [6.07, 6.45) is 2.61. The summed E-state index contributed by atoms with van der Waals surface area (Å²) in [5, 5.41) is 22.7. The fourth-order valence-electron chi connectivity index (χ4n) is 5.41. The third-order valence-electron chi connectivity index (χ3n) is 6.72. The largest absolute Gasteiger partial charge is 0.507 e. The molecular formula is C23H32O6. The molecule has 0 spiro atoms. The number of ether oxygens (including phenoxy) is 2. The minimum absolute atomic E-state index is 0.132. The van der Waals surface area contributed by atoms with Crippen molar-refractivity contribution in [3.05, 3.63) is 16.7 Å². The Hall–Kier alpha value is -2.08. The first-order valence-corrected chi connectivity index (χ1v) is 10.3. The molecule has 2 atom stereocenters. The zero-order valence-electron chi connectivity index (χ0n) is 18.2. The van der Waals surface area contributed by atoms with Gasteiger partial charge < -0.3 is 19.7 Å². The van der Waals surface area contributed by atoms with Gasteiger partial charge in [0, 0.05) is 36.8 Å². The smallest absolute Gasteiger partial charge is 0.308 e. The van der Waals surface area contributed by atoms with Gasteiger partial charge in [0.25, 0.3) is 0 Å². The summed E-state index contributed by atoms with van der Waals surface area (Å²) in [5.41, 5.74) is -0.371. The number of carbonyl (C=O) groups excluding carboxylic acids is 2. The van der Waals surface area contributed by atoms with Crippen LogP contribution < -0.4 is 9.47 Å². The van der Waals surface area contributed by atoms with Crippen molar-refractivity contribution in [3.63, 3.8) is 0 Å². The molecule has 0 heterocycles. The molecule has 1 saturated carbocycles. The summed E-state index contributed by atoms with van der Waals surface area (Å²) in [7, 11) is 1.44. The molecule has 2 aliphatic carbocycles. The van der Waals surface area contributed by atoms with Crippen LogP contribution in [0.15, 0.2) is 0 Å². The predicted octanol–water partition coefficient (Wildman–Crippen LogP) is 4.14. The highest BCUT2D eigenvalue weighted by molar-refractivity contribution is 6.03. The molecule has 3 rings (SSSR count). The van der Waals surface area contributed by atoms with Crippen molar-refractivity contribution in [1.29, 1.82) is 0 Å². The number of esters is 1. The summed E-state index contributed by atoms with van der Waals surface area (Å²) in [4.78, 5) is 25.2. The van der Waals surface area contributed by atoms with Crippen molar-refractivity contribution in [2.45, 2.75) is 78.2 Å². The van der Waals surface area contributed by atoms with E-state index in [0.29, 0.717) is 17.5 Å². The van der Waals surface area contributed by atoms with Gasteiger partial charge in [-0.3, -0.25) is 9.59 Å². The Bertz CT molecular complexity index is 854. The number of hydrogen-bond acceptors (Lipinski definition) is 6. The van der Waals surface area contributed by atoms with Gasteiger partial charge in [-0.2, -0.15) is 0 Å². The fraction of sp³-hybridized carbons (Fsp3) is 0.652. The number of aliphatic hydroxyl groups is 1. The van der Waals surface area contributed by atoms with E-state index in [-0.39, 0.29) is 58.7 Å². The van der Waals surface area contributed by atoms with Gasteiger partial charge in [-0.15, -0.1) is 0 Å². The van der Waals surface area contributed by atoms with Crippen molar-refractivity contribution in [1.82, 2.24) is 0 Å². The average molecular weight is 405 g/mol. The topological polar surface area (TPSA) is 93.1 Å². The molecule has 1 unspecified atom stereocenters. The Labute approximate surface area is 172 Å². The Balaban J connectivity index is 2.33. The van der Waals surface area contributed by atoms with Gasteiger partial charge in [-0.25, -0.2) is 0 Å². The molecule has 0 radical (unpaired) electrons. The Kier molecular flexibility index (Phi) is 5.45. The second kappa shape index (κ2) is 7.31. The lowest BCUT2D eigenvalue weighted by Crippen LogP contribution is -2.50. The number of aromatic hydroxyl groups is 1. The zero-order chi connectivity index (χ0) is 21.7. The van der Waals surface area contributed by atoms with Gasteiger partial charge in [-0.1, -0.05) is 34.1 Å². The van der Waals surface area contributed by atoms with Gasteiger partial charge >= 0.3 is 5.97 Å². The number of benzene rings is 1. The lowest BCUT2D eigenvalue weighted by Gasteiger charge is -2.48. The van der Waals surface area contributed by atoms with Crippen LogP contribution in [0.5, 0.6) is 17.2 Å². The van der Waals surface area contributed by atoms with E-state index >= 15 is 0 Å². The molecule has 2 aliphatic rings. The Morgan fingerprint density at radius 1 is 1.21 bits per heavy atom. The molecule has 0 saturated heterocycles. The normalized spacial score (nSPS) is 25.8. The number of phenols is 1. The van der Waals surface area contributed by atoms with Gasteiger partial charge in [-0.05, 0) is 24.2 Å². The number of methoxy groups -OCH3 is 1. The van der Waals surface area contributed by atoms with Gasteiger partial charge in [0.2, 0.25) is 0 Å². The molecule has 1 fully saturated rings. The fourth-order valence-corrected chi connectivity index (χ4v) is 5.41. The van der Waals surface area contributed by atoms with E-state index in [2.05, 4.69) is 13.8 Å². The molecule has 2 N–H and O–H groups in total. The van der Waals surface area contributed by atoms with Crippen molar-refractivity contribution < 1.29 is 29.3 Å². The zero-order valence-corrected chi connectivity index (χ0v) is 18.2. The van der Waals surface area contributed by atoms with Crippen molar-refractivity contribution >= 4 is 11.8 Å². The minimum Gasteiger partial charge on any atom is -0.507 e. The molecule has 0 aromatic heterocycles. The van der Waals surface area contributed by atoms with Crippen LogP contribution in [0.25, 0.3) is 0 Å². The first-order chi connectivity index (χ1) is 13.4. The van der Waals surface area contributed by atoms with Crippen molar-refractivity contribution in [2.24, 2.45) is 11.3 Å². The highest BCUT2D eigenvalue weighted by Crippen LogP contribution is 2.55. The Morgan fingerprint density at radius 3 is 2.41 bits per heavy atom. The SMILES string of the molecule is COc1c(OC(C)=O)c2c(c(O)c1C(C)C)C(=O)CC1C(C)(C)CCC[C@]1(O)C2. The molecule has 6 heteroatoms. The number of carbonyl (C=O) groups is 2. The van der Waals surface area contributed by atoms with Crippen molar-refractivity contribution in [3.8, 4) is 17.2 Å². The average Bonchev–Trinajstić information content (AvgIpc) is 2.71. The third-order valence-corrected chi connectivity index (χ3v) is 6.72. The number of hydrogen-bond donors (Lipinski definition) is 2. The van der Waals surface area contributed by atoms with Crippen LogP contribution in [0, 0.1) is 11.3 Å². The summed E-state index contributed by atoms with van der Waals surface area (Å²) in [6, 6.07) is 0. The van der Waals surface area contributed by atoms with Gasteiger partial charge in [0.1, 0.15) is 5.75 Å². The summed E-state index contributed by atoms with van der Waals surface area (Å²) in [5.74, 6) is -0.933. The maximum atomic E-state index is 13.4. The summed E-state index contributed by atoms with van der Waals surface area (Å²) >= 11 is 0. The van der Waals surface area contributed by atoms with E-state index in [1.54, 1.807) is 0 Å². The van der Waals surface area contributed by atoms with Crippen LogP contribution in [-0.4, -0.2) is 34.7 Å². The lowest BCUT2D eigenvalue weighted by molar-refractivity contribution is -0.132.